The Labute approximate surface area is 146 Å². The molecule has 0 spiro atoms. The molecule has 0 radical (unpaired) electrons. The first kappa shape index (κ1) is 16.1. The molecule has 116 valence electrons. The van der Waals surface area contributed by atoms with Crippen LogP contribution in [0.5, 0.6) is 0 Å². The third-order valence-electron chi connectivity index (χ3n) is 2.93. The highest BCUT2D eigenvalue weighted by molar-refractivity contribution is 8.18. The molecule has 1 aliphatic heterocycles. The van der Waals surface area contributed by atoms with Crippen LogP contribution in [0.1, 0.15) is 5.56 Å². The highest BCUT2D eigenvalue weighted by Crippen LogP contribution is 2.32. The Bertz CT molecular complexity index is 852. The van der Waals surface area contributed by atoms with E-state index >= 15 is 0 Å². The van der Waals surface area contributed by atoms with Crippen LogP contribution in [0.25, 0.3) is 6.08 Å². The molecule has 2 aromatic rings. The van der Waals surface area contributed by atoms with Gasteiger partial charge in [-0.25, -0.2) is 9.38 Å². The second-order valence-electron chi connectivity index (χ2n) is 4.63. The highest BCUT2D eigenvalue weighted by Gasteiger charge is 2.24. The Balaban J connectivity index is 1.86. The quantitative estimate of drug-likeness (QED) is 0.757. The Hall–Kier alpha value is -1.82. The van der Waals surface area contributed by atoms with Crippen LogP contribution >= 0.6 is 35.0 Å². The summed E-state index contributed by atoms with van der Waals surface area (Å²) < 4.78 is 13.2. The van der Waals surface area contributed by atoms with Crippen molar-refractivity contribution >= 4 is 57.8 Å². The van der Waals surface area contributed by atoms with Gasteiger partial charge in [0.1, 0.15) is 5.82 Å². The summed E-state index contributed by atoms with van der Waals surface area (Å²) in [4.78, 5) is 16.7. The summed E-state index contributed by atoms with van der Waals surface area (Å²) in [6.45, 7) is 0. The van der Waals surface area contributed by atoms with Crippen LogP contribution in [0, 0.1) is 5.82 Å². The molecule has 1 saturated heterocycles. The summed E-state index contributed by atoms with van der Waals surface area (Å²) in [5.41, 5.74) is 1.11. The van der Waals surface area contributed by atoms with Crippen molar-refractivity contribution in [3.05, 3.63) is 68.8 Å². The molecular formula is C16H9Cl2FN2OS. The van der Waals surface area contributed by atoms with Gasteiger partial charge in [-0.1, -0.05) is 35.3 Å². The van der Waals surface area contributed by atoms with E-state index in [0.29, 0.717) is 31.4 Å². The molecule has 0 unspecified atom stereocenters. The van der Waals surface area contributed by atoms with Crippen LogP contribution in [0.4, 0.5) is 10.1 Å². The average molecular weight is 367 g/mol. The predicted octanol–water partition coefficient (Wildman–Crippen LogP) is 5.02. The number of carbonyl (C=O) groups excluding carboxylic acids is 1. The van der Waals surface area contributed by atoms with Crippen LogP contribution in [-0.4, -0.2) is 11.1 Å². The topological polar surface area (TPSA) is 41.5 Å². The minimum Gasteiger partial charge on any atom is -0.300 e. The van der Waals surface area contributed by atoms with Gasteiger partial charge in [-0.3, -0.25) is 4.79 Å². The van der Waals surface area contributed by atoms with Crippen molar-refractivity contribution in [3.63, 3.8) is 0 Å². The van der Waals surface area contributed by atoms with Crippen molar-refractivity contribution in [1.82, 2.24) is 5.32 Å². The van der Waals surface area contributed by atoms with Crippen LogP contribution in [0.15, 0.2) is 52.4 Å². The van der Waals surface area contributed by atoms with Crippen molar-refractivity contribution in [2.45, 2.75) is 0 Å². The van der Waals surface area contributed by atoms with Gasteiger partial charge in [-0.2, -0.15) is 0 Å². The van der Waals surface area contributed by atoms with Gasteiger partial charge in [-0.15, -0.1) is 0 Å². The van der Waals surface area contributed by atoms with Gasteiger partial charge in [0.05, 0.1) is 15.6 Å². The number of aliphatic imine (C=N–C) groups is 1. The number of amides is 1. The van der Waals surface area contributed by atoms with E-state index < -0.39 is 0 Å². The van der Waals surface area contributed by atoms with Crippen LogP contribution in [-0.2, 0) is 4.79 Å². The summed E-state index contributed by atoms with van der Waals surface area (Å²) >= 11 is 13.1. The zero-order valence-electron chi connectivity index (χ0n) is 11.5. The molecule has 0 aliphatic carbocycles. The zero-order valence-corrected chi connectivity index (χ0v) is 13.8. The van der Waals surface area contributed by atoms with Gasteiger partial charge in [0.15, 0.2) is 5.17 Å². The van der Waals surface area contributed by atoms with Crippen LogP contribution in [0.3, 0.4) is 0 Å². The fraction of sp³-hybridized carbons (Fsp3) is 0. The molecule has 1 heterocycles. The molecule has 3 nitrogen and oxygen atoms in total. The van der Waals surface area contributed by atoms with E-state index in [0.717, 1.165) is 11.8 Å². The van der Waals surface area contributed by atoms with E-state index in [4.69, 9.17) is 23.2 Å². The molecule has 1 N–H and O–H groups in total. The maximum absolute atomic E-state index is 13.2. The lowest BCUT2D eigenvalue weighted by molar-refractivity contribution is -0.115. The van der Waals surface area contributed by atoms with Gasteiger partial charge in [0.2, 0.25) is 0 Å². The van der Waals surface area contributed by atoms with Crippen LogP contribution < -0.4 is 5.32 Å². The van der Waals surface area contributed by atoms with Gasteiger partial charge in [-0.05, 0) is 53.7 Å². The molecule has 0 aromatic heterocycles. The number of halogens is 3. The monoisotopic (exact) mass is 366 g/mol. The third kappa shape index (κ3) is 3.93. The zero-order chi connectivity index (χ0) is 16.4. The van der Waals surface area contributed by atoms with Gasteiger partial charge < -0.3 is 5.32 Å². The Morgan fingerprint density at radius 1 is 1.17 bits per heavy atom. The SMILES string of the molecule is O=C1NC(=Nc2ccc(Cl)cc2Cl)SC1=Cc1cccc(F)c1. The highest BCUT2D eigenvalue weighted by atomic mass is 35.5. The van der Waals surface area contributed by atoms with E-state index in [-0.39, 0.29) is 11.7 Å². The molecular weight excluding hydrogens is 358 g/mol. The lowest BCUT2D eigenvalue weighted by atomic mass is 10.2. The standard InChI is InChI=1S/C16H9Cl2FN2OS/c17-10-4-5-13(12(18)8-10)20-16-21-15(22)14(23-16)7-9-2-1-3-11(19)6-9/h1-8H,(H,20,21,22). The normalized spacial score (nSPS) is 17.8. The van der Waals surface area contributed by atoms with Crippen molar-refractivity contribution in [2.24, 2.45) is 4.99 Å². The summed E-state index contributed by atoms with van der Waals surface area (Å²) in [7, 11) is 0. The number of hydrogen-bond donors (Lipinski definition) is 1. The minimum absolute atomic E-state index is 0.289. The van der Waals surface area contributed by atoms with Crippen LogP contribution in [0.2, 0.25) is 10.0 Å². The first-order chi connectivity index (χ1) is 11.0. The van der Waals surface area contributed by atoms with E-state index in [9.17, 15) is 9.18 Å². The molecule has 7 heteroatoms. The average Bonchev–Trinajstić information content (AvgIpc) is 2.82. The van der Waals surface area contributed by atoms with Crippen molar-refractivity contribution in [3.8, 4) is 0 Å². The van der Waals surface area contributed by atoms with E-state index in [1.54, 1.807) is 36.4 Å². The number of hydrogen-bond acceptors (Lipinski definition) is 3. The van der Waals surface area contributed by atoms with E-state index in [2.05, 4.69) is 10.3 Å². The number of rotatable bonds is 2. The second-order valence-corrected chi connectivity index (χ2v) is 6.51. The summed E-state index contributed by atoms with van der Waals surface area (Å²) in [5, 5.41) is 3.95. The molecule has 23 heavy (non-hydrogen) atoms. The first-order valence-corrected chi connectivity index (χ1v) is 8.09. The molecule has 1 amide bonds. The maximum atomic E-state index is 13.2. The van der Waals surface area contributed by atoms with Crippen molar-refractivity contribution < 1.29 is 9.18 Å². The first-order valence-electron chi connectivity index (χ1n) is 6.51. The summed E-state index contributed by atoms with van der Waals surface area (Å²) in [6.07, 6.45) is 1.61. The molecule has 2 aromatic carbocycles. The molecule has 1 aliphatic rings. The molecule has 3 rings (SSSR count). The Morgan fingerprint density at radius 3 is 2.74 bits per heavy atom. The van der Waals surface area contributed by atoms with Gasteiger partial charge >= 0.3 is 0 Å². The van der Waals surface area contributed by atoms with Gasteiger partial charge in [0, 0.05) is 5.02 Å². The van der Waals surface area contributed by atoms with E-state index in [1.165, 1.54) is 12.1 Å². The fourth-order valence-corrected chi connectivity index (χ4v) is 3.20. The second kappa shape index (κ2) is 6.74. The predicted molar refractivity (Wildman–Crippen MR) is 93.7 cm³/mol. The number of nitrogens with one attached hydrogen (secondary N) is 1. The van der Waals surface area contributed by atoms with Gasteiger partial charge in [0.25, 0.3) is 5.91 Å². The number of benzene rings is 2. The molecule has 0 saturated carbocycles. The number of nitrogens with zero attached hydrogens (tertiary/aromatic N) is 1. The lowest BCUT2D eigenvalue weighted by Crippen LogP contribution is -2.19. The summed E-state index contributed by atoms with van der Waals surface area (Å²) in [5.74, 6) is -0.646. The number of thioether (sulfide) groups is 1. The maximum Gasteiger partial charge on any atom is 0.264 e. The Morgan fingerprint density at radius 2 is 2.00 bits per heavy atom. The minimum atomic E-state index is -0.357. The van der Waals surface area contributed by atoms with Crippen molar-refractivity contribution in [1.29, 1.82) is 0 Å². The smallest absolute Gasteiger partial charge is 0.264 e. The number of carbonyl (C=O) groups is 1. The Kier molecular flexibility index (Phi) is 4.71. The lowest BCUT2D eigenvalue weighted by Gasteiger charge is -1.99. The fourth-order valence-electron chi connectivity index (χ4n) is 1.91. The molecule has 1 fully saturated rings. The summed E-state index contributed by atoms with van der Waals surface area (Å²) in [6, 6.07) is 10.9. The number of amidine groups is 1. The third-order valence-corrected chi connectivity index (χ3v) is 4.38. The largest absolute Gasteiger partial charge is 0.300 e. The van der Waals surface area contributed by atoms with E-state index in [1.807, 2.05) is 0 Å². The molecule has 0 atom stereocenters. The molecule has 0 bridgehead atoms. The van der Waals surface area contributed by atoms with Crippen molar-refractivity contribution in [2.75, 3.05) is 0 Å².